The van der Waals surface area contributed by atoms with Crippen molar-refractivity contribution in [2.45, 2.75) is 31.7 Å². The van der Waals surface area contributed by atoms with Gasteiger partial charge in [-0.2, -0.15) is 0 Å². The van der Waals surface area contributed by atoms with Crippen molar-refractivity contribution in [3.8, 4) is 0 Å². The summed E-state index contributed by atoms with van der Waals surface area (Å²) in [6.07, 6.45) is 4.19. The summed E-state index contributed by atoms with van der Waals surface area (Å²) in [5.41, 5.74) is 0. The van der Waals surface area contributed by atoms with Gasteiger partial charge in [0.1, 0.15) is 0 Å². The number of Topliss-reactive ketones (excluding diaryl/α,β-unsaturated/α-hetero) is 1. The summed E-state index contributed by atoms with van der Waals surface area (Å²) < 4.78 is 0.690. The van der Waals surface area contributed by atoms with Crippen molar-refractivity contribution in [2.24, 2.45) is 0 Å². The Morgan fingerprint density at radius 1 is 1.53 bits per heavy atom. The Kier molecular flexibility index (Phi) is 3.78. The molecule has 1 aliphatic rings. The molecule has 0 aliphatic carbocycles. The summed E-state index contributed by atoms with van der Waals surface area (Å²) in [7, 11) is 0. The quantitative estimate of drug-likeness (QED) is 0.827. The second-order valence-electron chi connectivity index (χ2n) is 3.88. The van der Waals surface area contributed by atoms with Gasteiger partial charge in [-0.3, -0.25) is 4.79 Å². The molecule has 0 saturated carbocycles. The van der Waals surface area contributed by atoms with Crippen LogP contribution in [0.1, 0.15) is 35.4 Å². The molecule has 0 amide bonds. The van der Waals surface area contributed by atoms with Gasteiger partial charge >= 0.3 is 0 Å². The van der Waals surface area contributed by atoms with Crippen LogP contribution in [0.2, 0.25) is 4.34 Å². The third kappa shape index (κ3) is 3.03. The number of thiophene rings is 1. The van der Waals surface area contributed by atoms with Crippen LogP contribution in [0.3, 0.4) is 0 Å². The van der Waals surface area contributed by atoms with Crippen LogP contribution < -0.4 is 5.32 Å². The van der Waals surface area contributed by atoms with Gasteiger partial charge < -0.3 is 5.32 Å². The zero-order valence-corrected chi connectivity index (χ0v) is 10.0. The smallest absolute Gasteiger partial charge is 0.174 e. The summed E-state index contributed by atoms with van der Waals surface area (Å²) in [5.74, 6) is 0.214. The average Bonchev–Trinajstić information content (AvgIpc) is 2.66. The Balaban J connectivity index is 1.91. The van der Waals surface area contributed by atoms with E-state index in [-0.39, 0.29) is 5.78 Å². The standard InChI is InChI=1S/C11H14ClNOS/c12-11-5-4-10(15-11)9(14)7-8-3-1-2-6-13-8/h4-5,8,13H,1-3,6-7H2. The highest BCUT2D eigenvalue weighted by Crippen LogP contribution is 2.23. The molecule has 2 rings (SSSR count). The van der Waals surface area contributed by atoms with Crippen molar-refractivity contribution < 1.29 is 4.79 Å². The normalized spacial score (nSPS) is 21.5. The predicted octanol–water partition coefficient (Wildman–Crippen LogP) is 3.12. The van der Waals surface area contributed by atoms with Gasteiger partial charge in [-0.05, 0) is 31.5 Å². The van der Waals surface area contributed by atoms with E-state index in [1.54, 1.807) is 6.07 Å². The Labute approximate surface area is 98.6 Å². The van der Waals surface area contributed by atoms with Crippen LogP contribution in [0.15, 0.2) is 12.1 Å². The maximum atomic E-state index is 11.8. The van der Waals surface area contributed by atoms with Gasteiger partial charge in [0.05, 0.1) is 9.21 Å². The number of halogens is 1. The highest BCUT2D eigenvalue weighted by atomic mass is 35.5. The molecular formula is C11H14ClNOS. The van der Waals surface area contributed by atoms with E-state index in [9.17, 15) is 4.79 Å². The van der Waals surface area contributed by atoms with Gasteiger partial charge in [-0.25, -0.2) is 0 Å². The summed E-state index contributed by atoms with van der Waals surface area (Å²) in [4.78, 5) is 12.6. The zero-order chi connectivity index (χ0) is 10.7. The minimum atomic E-state index is 0.214. The number of rotatable bonds is 3. The lowest BCUT2D eigenvalue weighted by atomic mass is 10.00. The van der Waals surface area contributed by atoms with E-state index < -0.39 is 0 Å². The van der Waals surface area contributed by atoms with Gasteiger partial charge in [0.25, 0.3) is 0 Å². The zero-order valence-electron chi connectivity index (χ0n) is 8.46. The van der Waals surface area contributed by atoms with Crippen molar-refractivity contribution in [1.82, 2.24) is 5.32 Å². The first-order valence-electron chi connectivity index (χ1n) is 5.27. The fourth-order valence-electron chi connectivity index (χ4n) is 1.89. The highest BCUT2D eigenvalue weighted by Gasteiger charge is 2.18. The van der Waals surface area contributed by atoms with Gasteiger partial charge in [0.2, 0.25) is 0 Å². The first kappa shape index (κ1) is 11.1. The van der Waals surface area contributed by atoms with Crippen molar-refractivity contribution in [3.63, 3.8) is 0 Å². The molecule has 1 aromatic heterocycles. The molecule has 0 bridgehead atoms. The van der Waals surface area contributed by atoms with E-state index in [0.29, 0.717) is 16.8 Å². The first-order valence-corrected chi connectivity index (χ1v) is 6.47. The van der Waals surface area contributed by atoms with Gasteiger partial charge in [-0.15, -0.1) is 11.3 Å². The van der Waals surface area contributed by atoms with E-state index in [2.05, 4.69) is 5.32 Å². The molecule has 15 heavy (non-hydrogen) atoms. The average molecular weight is 244 g/mol. The van der Waals surface area contributed by atoms with Crippen LogP contribution in [0.4, 0.5) is 0 Å². The Hall–Kier alpha value is -0.380. The van der Waals surface area contributed by atoms with Crippen molar-refractivity contribution in [1.29, 1.82) is 0 Å². The Morgan fingerprint density at radius 3 is 3.00 bits per heavy atom. The minimum Gasteiger partial charge on any atom is -0.314 e. The van der Waals surface area contributed by atoms with E-state index in [1.807, 2.05) is 6.07 Å². The van der Waals surface area contributed by atoms with Crippen LogP contribution in [-0.4, -0.2) is 18.4 Å². The molecule has 1 atom stereocenters. The molecule has 2 nitrogen and oxygen atoms in total. The van der Waals surface area contributed by atoms with E-state index in [1.165, 1.54) is 24.2 Å². The van der Waals surface area contributed by atoms with Crippen molar-refractivity contribution >= 4 is 28.7 Å². The van der Waals surface area contributed by atoms with Gasteiger partial charge in [-0.1, -0.05) is 18.0 Å². The SMILES string of the molecule is O=C(CC1CCCCN1)c1ccc(Cl)s1. The van der Waals surface area contributed by atoms with E-state index in [4.69, 9.17) is 11.6 Å². The predicted molar refractivity (Wildman–Crippen MR) is 63.9 cm³/mol. The van der Waals surface area contributed by atoms with Crippen LogP contribution in [0.25, 0.3) is 0 Å². The first-order chi connectivity index (χ1) is 7.25. The maximum absolute atomic E-state index is 11.8. The van der Waals surface area contributed by atoms with Gasteiger partial charge in [0, 0.05) is 12.5 Å². The van der Waals surface area contributed by atoms with Crippen molar-refractivity contribution in [3.05, 3.63) is 21.3 Å². The van der Waals surface area contributed by atoms with E-state index in [0.717, 1.165) is 17.8 Å². The topological polar surface area (TPSA) is 29.1 Å². The Bertz CT molecular complexity index is 344. The molecule has 1 saturated heterocycles. The highest BCUT2D eigenvalue weighted by molar-refractivity contribution is 7.18. The molecular weight excluding hydrogens is 230 g/mol. The number of carbonyl (C=O) groups is 1. The third-order valence-corrected chi connectivity index (χ3v) is 3.96. The second kappa shape index (κ2) is 5.10. The molecule has 1 N–H and O–H groups in total. The lowest BCUT2D eigenvalue weighted by molar-refractivity contribution is 0.0967. The molecule has 0 radical (unpaired) electrons. The number of hydrogen-bond acceptors (Lipinski definition) is 3. The van der Waals surface area contributed by atoms with Crippen molar-refractivity contribution in [2.75, 3.05) is 6.54 Å². The number of hydrogen-bond donors (Lipinski definition) is 1. The number of ketones is 1. The fourth-order valence-corrected chi connectivity index (χ4v) is 2.88. The minimum absolute atomic E-state index is 0.214. The van der Waals surface area contributed by atoms with E-state index >= 15 is 0 Å². The molecule has 0 spiro atoms. The lowest BCUT2D eigenvalue weighted by Crippen LogP contribution is -2.35. The molecule has 1 fully saturated rings. The third-order valence-electron chi connectivity index (χ3n) is 2.69. The van der Waals surface area contributed by atoms with Crippen LogP contribution >= 0.6 is 22.9 Å². The van der Waals surface area contributed by atoms with Crippen LogP contribution in [0.5, 0.6) is 0 Å². The lowest BCUT2D eigenvalue weighted by Gasteiger charge is -2.22. The molecule has 4 heteroatoms. The summed E-state index contributed by atoms with van der Waals surface area (Å²) in [6.45, 7) is 1.04. The van der Waals surface area contributed by atoms with Crippen LogP contribution in [0, 0.1) is 0 Å². The Morgan fingerprint density at radius 2 is 2.40 bits per heavy atom. The number of carbonyl (C=O) groups excluding carboxylic acids is 1. The second-order valence-corrected chi connectivity index (χ2v) is 5.59. The van der Waals surface area contributed by atoms with Crippen LogP contribution in [-0.2, 0) is 0 Å². The monoisotopic (exact) mass is 243 g/mol. The molecule has 2 heterocycles. The number of nitrogens with one attached hydrogen (secondary N) is 1. The summed E-state index contributed by atoms with van der Waals surface area (Å²) in [6, 6.07) is 3.97. The maximum Gasteiger partial charge on any atom is 0.174 e. The molecule has 1 unspecified atom stereocenters. The summed E-state index contributed by atoms with van der Waals surface area (Å²) in [5, 5.41) is 3.38. The number of piperidine rings is 1. The molecule has 82 valence electrons. The van der Waals surface area contributed by atoms with Gasteiger partial charge in [0.15, 0.2) is 5.78 Å². The molecule has 0 aromatic carbocycles. The molecule has 1 aromatic rings. The largest absolute Gasteiger partial charge is 0.314 e. The molecule has 1 aliphatic heterocycles. The summed E-state index contributed by atoms with van der Waals surface area (Å²) >= 11 is 7.17. The fraction of sp³-hybridized carbons (Fsp3) is 0.545.